The quantitative estimate of drug-likeness (QED) is 0.671. The van der Waals surface area contributed by atoms with E-state index in [0.717, 1.165) is 17.9 Å². The molecular weight excluding hydrogens is 158 g/mol. The lowest BCUT2D eigenvalue weighted by molar-refractivity contribution is 0.464. The molecule has 0 fully saturated rings. The Morgan fingerprint density at radius 1 is 1.64 bits per heavy atom. The third-order valence-electron chi connectivity index (χ3n) is 1.66. The fourth-order valence-electron chi connectivity index (χ4n) is 0.936. The third-order valence-corrected chi connectivity index (χ3v) is 2.18. The average molecular weight is 171 g/mol. The first-order chi connectivity index (χ1) is 5.36. The zero-order valence-corrected chi connectivity index (χ0v) is 7.26. The summed E-state index contributed by atoms with van der Waals surface area (Å²) >= 11 is 4.19. The van der Waals surface area contributed by atoms with Crippen molar-refractivity contribution in [3.8, 4) is 0 Å². The molecule has 0 aliphatic carbocycles. The largest absolute Gasteiger partial charge is 0.469 e. The predicted octanol–water partition coefficient (Wildman–Crippen LogP) is 1.33. The summed E-state index contributed by atoms with van der Waals surface area (Å²) in [6, 6.07) is 3.85. The van der Waals surface area contributed by atoms with E-state index < -0.39 is 0 Å². The molecule has 0 aromatic carbocycles. The molecule has 0 saturated heterocycles. The predicted molar refractivity (Wildman–Crippen MR) is 48.8 cm³/mol. The summed E-state index contributed by atoms with van der Waals surface area (Å²) in [6.45, 7) is 0.671. The zero-order valence-electron chi connectivity index (χ0n) is 6.36. The summed E-state index contributed by atoms with van der Waals surface area (Å²) in [4.78, 5) is 0. The van der Waals surface area contributed by atoms with E-state index in [1.807, 2.05) is 12.1 Å². The van der Waals surface area contributed by atoms with Gasteiger partial charge in [-0.3, -0.25) is 0 Å². The monoisotopic (exact) mass is 171 g/mol. The SMILES string of the molecule is NCC(CS)Cc1ccco1. The van der Waals surface area contributed by atoms with Crippen LogP contribution in [0.4, 0.5) is 0 Å². The van der Waals surface area contributed by atoms with Crippen LogP contribution in [0.1, 0.15) is 5.76 Å². The van der Waals surface area contributed by atoms with Crippen LogP contribution in [0.25, 0.3) is 0 Å². The normalized spacial score (nSPS) is 13.3. The van der Waals surface area contributed by atoms with Gasteiger partial charge in [-0.2, -0.15) is 12.6 Å². The van der Waals surface area contributed by atoms with Gasteiger partial charge in [-0.25, -0.2) is 0 Å². The van der Waals surface area contributed by atoms with Gasteiger partial charge in [-0.1, -0.05) is 0 Å². The highest BCUT2D eigenvalue weighted by molar-refractivity contribution is 7.80. The molecule has 1 unspecified atom stereocenters. The number of nitrogens with two attached hydrogens (primary N) is 1. The molecule has 0 spiro atoms. The minimum atomic E-state index is 0.435. The first kappa shape index (κ1) is 8.68. The number of hydrogen-bond acceptors (Lipinski definition) is 3. The van der Waals surface area contributed by atoms with Crippen LogP contribution in [-0.4, -0.2) is 12.3 Å². The van der Waals surface area contributed by atoms with E-state index in [0.29, 0.717) is 12.5 Å². The Morgan fingerprint density at radius 3 is 2.91 bits per heavy atom. The Hall–Kier alpha value is -0.410. The highest BCUT2D eigenvalue weighted by Gasteiger charge is 2.06. The van der Waals surface area contributed by atoms with E-state index in [9.17, 15) is 0 Å². The minimum absolute atomic E-state index is 0.435. The van der Waals surface area contributed by atoms with Crippen molar-refractivity contribution >= 4 is 12.6 Å². The maximum absolute atomic E-state index is 5.51. The summed E-state index contributed by atoms with van der Waals surface area (Å²) in [5.74, 6) is 2.25. The van der Waals surface area contributed by atoms with Crippen molar-refractivity contribution in [2.24, 2.45) is 11.7 Å². The van der Waals surface area contributed by atoms with Crippen LogP contribution in [0.2, 0.25) is 0 Å². The van der Waals surface area contributed by atoms with Gasteiger partial charge in [0.1, 0.15) is 5.76 Å². The zero-order chi connectivity index (χ0) is 8.10. The lowest BCUT2D eigenvalue weighted by atomic mass is 10.1. The Balaban J connectivity index is 2.41. The number of furan rings is 1. The highest BCUT2D eigenvalue weighted by Crippen LogP contribution is 2.09. The molecule has 1 aromatic rings. The second-order valence-electron chi connectivity index (χ2n) is 2.57. The Morgan fingerprint density at radius 2 is 2.45 bits per heavy atom. The second-order valence-corrected chi connectivity index (χ2v) is 2.93. The third kappa shape index (κ3) is 2.60. The number of hydrogen-bond donors (Lipinski definition) is 2. The van der Waals surface area contributed by atoms with Crippen LogP contribution in [0.5, 0.6) is 0 Å². The van der Waals surface area contributed by atoms with Crippen molar-refractivity contribution in [1.29, 1.82) is 0 Å². The van der Waals surface area contributed by atoms with Crippen LogP contribution in [0, 0.1) is 5.92 Å². The Bertz CT molecular complexity index is 182. The summed E-state index contributed by atoms with van der Waals surface area (Å²) in [5, 5.41) is 0. The van der Waals surface area contributed by atoms with Crippen molar-refractivity contribution in [3.05, 3.63) is 24.2 Å². The van der Waals surface area contributed by atoms with Gasteiger partial charge >= 0.3 is 0 Å². The first-order valence-electron chi connectivity index (χ1n) is 3.70. The van der Waals surface area contributed by atoms with E-state index in [1.165, 1.54) is 0 Å². The molecule has 0 radical (unpaired) electrons. The molecule has 0 saturated carbocycles. The molecule has 0 aliphatic heterocycles. The van der Waals surface area contributed by atoms with Crippen molar-refractivity contribution in [3.63, 3.8) is 0 Å². The highest BCUT2D eigenvalue weighted by atomic mass is 32.1. The number of rotatable bonds is 4. The number of thiol groups is 1. The van der Waals surface area contributed by atoms with Gasteiger partial charge in [0.2, 0.25) is 0 Å². The van der Waals surface area contributed by atoms with Gasteiger partial charge in [0.15, 0.2) is 0 Å². The van der Waals surface area contributed by atoms with Crippen LogP contribution >= 0.6 is 12.6 Å². The summed E-state index contributed by atoms with van der Waals surface area (Å²) in [5.41, 5.74) is 5.51. The van der Waals surface area contributed by atoms with Crippen molar-refractivity contribution < 1.29 is 4.42 Å². The average Bonchev–Trinajstić information content (AvgIpc) is 2.52. The molecule has 0 amide bonds. The maximum Gasteiger partial charge on any atom is 0.104 e. The van der Waals surface area contributed by atoms with E-state index in [-0.39, 0.29) is 0 Å². The van der Waals surface area contributed by atoms with Gasteiger partial charge in [-0.05, 0) is 30.3 Å². The van der Waals surface area contributed by atoms with Gasteiger partial charge in [-0.15, -0.1) is 0 Å². The van der Waals surface area contributed by atoms with Gasteiger partial charge < -0.3 is 10.2 Å². The lowest BCUT2D eigenvalue weighted by Gasteiger charge is -2.08. The van der Waals surface area contributed by atoms with Crippen molar-refractivity contribution in [2.45, 2.75) is 6.42 Å². The summed E-state index contributed by atoms with van der Waals surface area (Å²) < 4.78 is 5.18. The van der Waals surface area contributed by atoms with Crippen LogP contribution in [0.15, 0.2) is 22.8 Å². The minimum Gasteiger partial charge on any atom is -0.469 e. The lowest BCUT2D eigenvalue weighted by Crippen LogP contribution is -2.17. The molecule has 62 valence electrons. The van der Waals surface area contributed by atoms with Crippen molar-refractivity contribution in [2.75, 3.05) is 12.3 Å². The van der Waals surface area contributed by atoms with Crippen molar-refractivity contribution in [1.82, 2.24) is 0 Å². The maximum atomic E-state index is 5.51. The van der Waals surface area contributed by atoms with E-state index in [4.69, 9.17) is 10.2 Å². The summed E-state index contributed by atoms with van der Waals surface area (Å²) in [6.07, 6.45) is 2.58. The molecule has 2 N–H and O–H groups in total. The standard InChI is InChI=1S/C8H13NOS/c9-5-7(6-11)4-8-2-1-3-10-8/h1-3,7,11H,4-6,9H2. The molecule has 1 atom stereocenters. The molecule has 1 heterocycles. The van der Waals surface area contributed by atoms with Crippen LogP contribution in [-0.2, 0) is 6.42 Å². The molecule has 0 aliphatic rings. The van der Waals surface area contributed by atoms with Gasteiger partial charge in [0.25, 0.3) is 0 Å². The molecule has 1 aromatic heterocycles. The molecule has 3 heteroatoms. The van der Waals surface area contributed by atoms with Gasteiger partial charge in [0.05, 0.1) is 6.26 Å². The first-order valence-corrected chi connectivity index (χ1v) is 4.33. The van der Waals surface area contributed by atoms with E-state index in [2.05, 4.69) is 12.6 Å². The van der Waals surface area contributed by atoms with E-state index >= 15 is 0 Å². The van der Waals surface area contributed by atoms with Crippen LogP contribution in [0.3, 0.4) is 0 Å². The molecule has 11 heavy (non-hydrogen) atoms. The molecule has 1 rings (SSSR count). The van der Waals surface area contributed by atoms with Crippen LogP contribution < -0.4 is 5.73 Å². The van der Waals surface area contributed by atoms with E-state index in [1.54, 1.807) is 6.26 Å². The fourth-order valence-corrected chi connectivity index (χ4v) is 1.21. The second kappa shape index (κ2) is 4.46. The molecule has 2 nitrogen and oxygen atoms in total. The molecule has 0 bridgehead atoms. The Kier molecular flexibility index (Phi) is 3.52. The summed E-state index contributed by atoms with van der Waals surface area (Å²) in [7, 11) is 0. The smallest absolute Gasteiger partial charge is 0.104 e. The Labute approximate surface area is 72.2 Å². The topological polar surface area (TPSA) is 39.2 Å². The molecular formula is C8H13NOS. The fraction of sp³-hybridized carbons (Fsp3) is 0.500. The van der Waals surface area contributed by atoms with Gasteiger partial charge in [0, 0.05) is 6.42 Å².